The van der Waals surface area contributed by atoms with Crippen LogP contribution < -0.4 is 10.1 Å². The number of halogens is 3. The molecule has 2 nitrogen and oxygen atoms in total. The lowest BCUT2D eigenvalue weighted by molar-refractivity contribution is 0.296. The molecule has 0 radical (unpaired) electrons. The third-order valence-electron chi connectivity index (χ3n) is 5.24. The minimum absolute atomic E-state index is 0.0711. The first-order valence-corrected chi connectivity index (χ1v) is 10.9. The second-order valence-electron chi connectivity index (χ2n) is 7.31. The molecule has 0 fully saturated rings. The highest BCUT2D eigenvalue weighted by Crippen LogP contribution is 2.30. The van der Waals surface area contributed by atoms with E-state index in [0.717, 1.165) is 40.1 Å². The molecule has 0 amide bonds. The molecular weight excluding hydrogens is 432 g/mol. The summed E-state index contributed by atoms with van der Waals surface area (Å²) in [5.41, 5.74) is 2.63. The molecule has 0 bridgehead atoms. The third-order valence-corrected chi connectivity index (χ3v) is 5.84. The summed E-state index contributed by atoms with van der Waals surface area (Å²) in [4.78, 5) is 0. The van der Waals surface area contributed by atoms with Crippen LogP contribution in [0.3, 0.4) is 0 Å². The summed E-state index contributed by atoms with van der Waals surface area (Å²) in [6.07, 6.45) is 0.892. The second kappa shape index (κ2) is 10.1. The zero-order valence-electron chi connectivity index (χ0n) is 16.9. The van der Waals surface area contributed by atoms with Gasteiger partial charge in [0.15, 0.2) is 0 Å². The van der Waals surface area contributed by atoms with Crippen LogP contribution in [0.25, 0.3) is 10.8 Å². The molecule has 4 rings (SSSR count). The number of rotatable bonds is 8. The van der Waals surface area contributed by atoms with Crippen molar-refractivity contribution in [3.63, 3.8) is 0 Å². The topological polar surface area (TPSA) is 21.3 Å². The van der Waals surface area contributed by atoms with Crippen molar-refractivity contribution < 1.29 is 9.13 Å². The van der Waals surface area contributed by atoms with Crippen LogP contribution in [-0.4, -0.2) is 6.54 Å². The Hall–Kier alpha value is -2.59. The minimum atomic E-state index is -0.365. The standard InChI is InChI=1S/C26H22Cl2FNO/c27-20-11-8-18(9-12-20)14-15-30-16-22-21-5-2-1-4-19(21)10-13-26(22)31-17-23-24(28)6-3-7-25(23)29/h1-13,30H,14-17H2. The molecule has 0 aliphatic carbocycles. The van der Waals surface area contributed by atoms with E-state index in [4.69, 9.17) is 27.9 Å². The van der Waals surface area contributed by atoms with Gasteiger partial charge in [-0.2, -0.15) is 0 Å². The smallest absolute Gasteiger partial charge is 0.131 e. The van der Waals surface area contributed by atoms with Gasteiger partial charge in [0.05, 0.1) is 5.02 Å². The van der Waals surface area contributed by atoms with Crippen LogP contribution in [0.4, 0.5) is 4.39 Å². The monoisotopic (exact) mass is 453 g/mol. The number of hydrogen-bond acceptors (Lipinski definition) is 2. The summed E-state index contributed by atoms with van der Waals surface area (Å²) in [6, 6.07) is 24.7. The molecule has 1 N–H and O–H groups in total. The predicted molar refractivity (Wildman–Crippen MR) is 127 cm³/mol. The normalized spacial score (nSPS) is 11.1. The second-order valence-corrected chi connectivity index (χ2v) is 8.15. The molecule has 0 saturated carbocycles. The van der Waals surface area contributed by atoms with E-state index in [1.807, 2.05) is 48.5 Å². The average Bonchev–Trinajstić information content (AvgIpc) is 2.78. The van der Waals surface area contributed by atoms with Crippen molar-refractivity contribution in [3.05, 3.63) is 111 Å². The van der Waals surface area contributed by atoms with Crippen LogP contribution in [0, 0.1) is 5.82 Å². The molecule has 0 heterocycles. The largest absolute Gasteiger partial charge is 0.488 e. The Labute approximate surface area is 191 Å². The molecule has 0 aromatic heterocycles. The Morgan fingerprint density at radius 2 is 1.61 bits per heavy atom. The number of nitrogens with one attached hydrogen (secondary N) is 1. The molecule has 4 aromatic carbocycles. The van der Waals surface area contributed by atoms with Crippen LogP contribution in [0.15, 0.2) is 78.9 Å². The van der Waals surface area contributed by atoms with Crippen LogP contribution in [-0.2, 0) is 19.6 Å². The first-order chi connectivity index (χ1) is 15.1. The van der Waals surface area contributed by atoms with E-state index >= 15 is 0 Å². The van der Waals surface area contributed by atoms with E-state index < -0.39 is 0 Å². The maximum absolute atomic E-state index is 14.2. The van der Waals surface area contributed by atoms with Gasteiger partial charge in [-0.05, 0) is 59.6 Å². The summed E-state index contributed by atoms with van der Waals surface area (Å²) < 4.78 is 20.2. The van der Waals surface area contributed by atoms with Crippen LogP contribution in [0.5, 0.6) is 5.75 Å². The predicted octanol–water partition coefficient (Wildman–Crippen LogP) is 7.20. The zero-order valence-corrected chi connectivity index (χ0v) is 18.4. The summed E-state index contributed by atoms with van der Waals surface area (Å²) in [5, 5.41) is 6.85. The molecule has 31 heavy (non-hydrogen) atoms. The molecule has 0 saturated heterocycles. The Kier molecular flexibility index (Phi) is 7.08. The van der Waals surface area contributed by atoms with E-state index in [2.05, 4.69) is 17.4 Å². The van der Waals surface area contributed by atoms with Gasteiger partial charge in [0.25, 0.3) is 0 Å². The Balaban J connectivity index is 1.50. The molecule has 0 aliphatic heterocycles. The van der Waals surface area contributed by atoms with E-state index in [0.29, 0.717) is 17.1 Å². The van der Waals surface area contributed by atoms with E-state index in [-0.39, 0.29) is 12.4 Å². The molecule has 4 aromatic rings. The quantitative estimate of drug-likeness (QED) is 0.285. The van der Waals surface area contributed by atoms with Crippen molar-refractivity contribution in [1.29, 1.82) is 0 Å². The van der Waals surface area contributed by atoms with Gasteiger partial charge in [-0.3, -0.25) is 0 Å². The molecule has 0 spiro atoms. The zero-order chi connectivity index (χ0) is 21.6. The van der Waals surface area contributed by atoms with Gasteiger partial charge in [0.2, 0.25) is 0 Å². The van der Waals surface area contributed by atoms with Gasteiger partial charge < -0.3 is 10.1 Å². The van der Waals surface area contributed by atoms with Crippen molar-refractivity contribution >= 4 is 34.0 Å². The first kappa shape index (κ1) is 21.6. The van der Waals surface area contributed by atoms with Crippen LogP contribution in [0.1, 0.15) is 16.7 Å². The third kappa shape index (κ3) is 5.37. The van der Waals surface area contributed by atoms with Crippen LogP contribution in [0.2, 0.25) is 10.0 Å². The molecule has 0 atom stereocenters. The summed E-state index contributed by atoms with van der Waals surface area (Å²) in [6.45, 7) is 1.51. The molecule has 0 aliphatic rings. The fourth-order valence-electron chi connectivity index (χ4n) is 3.55. The molecule has 5 heteroatoms. The SMILES string of the molecule is Fc1cccc(Cl)c1COc1ccc2ccccc2c1CNCCc1ccc(Cl)cc1. The lowest BCUT2D eigenvalue weighted by Crippen LogP contribution is -2.17. The Bertz CT molecular complexity index is 1160. The minimum Gasteiger partial charge on any atom is -0.488 e. The van der Waals surface area contributed by atoms with Crippen molar-refractivity contribution in [1.82, 2.24) is 5.32 Å². The number of fused-ring (bicyclic) bond motifs is 1. The van der Waals surface area contributed by atoms with Gasteiger partial charge in [-0.15, -0.1) is 0 Å². The van der Waals surface area contributed by atoms with Crippen molar-refractivity contribution in [3.8, 4) is 5.75 Å². The highest BCUT2D eigenvalue weighted by Gasteiger charge is 2.12. The maximum Gasteiger partial charge on any atom is 0.131 e. The lowest BCUT2D eigenvalue weighted by Gasteiger charge is -2.16. The number of hydrogen-bond donors (Lipinski definition) is 1. The van der Waals surface area contributed by atoms with Gasteiger partial charge in [-0.1, -0.05) is 71.7 Å². The summed E-state index contributed by atoms with van der Waals surface area (Å²) in [5.74, 6) is 0.355. The fraction of sp³-hybridized carbons (Fsp3) is 0.154. The summed E-state index contributed by atoms with van der Waals surface area (Å²) in [7, 11) is 0. The number of benzene rings is 4. The molecule has 0 unspecified atom stereocenters. The highest BCUT2D eigenvalue weighted by atomic mass is 35.5. The van der Waals surface area contributed by atoms with Crippen molar-refractivity contribution in [2.45, 2.75) is 19.6 Å². The lowest BCUT2D eigenvalue weighted by atomic mass is 10.0. The Morgan fingerprint density at radius 1 is 0.806 bits per heavy atom. The van der Waals surface area contributed by atoms with E-state index in [1.165, 1.54) is 11.6 Å². The average molecular weight is 454 g/mol. The van der Waals surface area contributed by atoms with E-state index in [9.17, 15) is 4.39 Å². The maximum atomic E-state index is 14.2. The van der Waals surface area contributed by atoms with Gasteiger partial charge in [0.1, 0.15) is 18.2 Å². The highest BCUT2D eigenvalue weighted by molar-refractivity contribution is 6.31. The van der Waals surface area contributed by atoms with E-state index in [1.54, 1.807) is 12.1 Å². The van der Waals surface area contributed by atoms with Gasteiger partial charge in [0, 0.05) is 22.7 Å². The fourth-order valence-corrected chi connectivity index (χ4v) is 3.89. The Morgan fingerprint density at radius 3 is 2.42 bits per heavy atom. The van der Waals surface area contributed by atoms with Gasteiger partial charge >= 0.3 is 0 Å². The summed E-state index contributed by atoms with van der Waals surface area (Å²) >= 11 is 12.1. The van der Waals surface area contributed by atoms with Crippen molar-refractivity contribution in [2.75, 3.05) is 6.54 Å². The molecular formula is C26H22Cl2FNO. The molecule has 158 valence electrons. The first-order valence-electron chi connectivity index (χ1n) is 10.1. The number of ether oxygens (including phenoxy) is 1. The van der Waals surface area contributed by atoms with Gasteiger partial charge in [-0.25, -0.2) is 4.39 Å². The van der Waals surface area contributed by atoms with Crippen molar-refractivity contribution in [2.24, 2.45) is 0 Å². The van der Waals surface area contributed by atoms with Crippen LogP contribution >= 0.6 is 23.2 Å².